The first-order valence-electron chi connectivity index (χ1n) is 49.6. The van der Waals surface area contributed by atoms with E-state index in [1.54, 1.807) is 0 Å². The molecule has 30 aromatic rings. The third-order valence-electron chi connectivity index (χ3n) is 28.4. The topological polar surface area (TPSA) is 158 Å². The lowest BCUT2D eigenvalue weighted by Crippen LogP contribution is -2.06. The largest absolute Gasteiger partial charge is 0.309 e. The third kappa shape index (κ3) is 14.6. The van der Waals surface area contributed by atoms with Crippen molar-refractivity contribution in [1.29, 1.82) is 0 Å². The molecule has 0 N–H and O–H groups in total. The maximum atomic E-state index is 5.27. The van der Waals surface area contributed by atoms with Gasteiger partial charge in [-0.3, -0.25) is 18.3 Å². The summed E-state index contributed by atoms with van der Waals surface area (Å²) in [4.78, 5) is 50.3. The van der Waals surface area contributed by atoms with Crippen LogP contribution in [0.5, 0.6) is 0 Å². The summed E-state index contributed by atoms with van der Waals surface area (Å²) in [7, 11) is 0. The van der Waals surface area contributed by atoms with Crippen LogP contribution < -0.4 is 0 Å². The smallest absolute Gasteiger partial charge is 0.240 e. The molecule has 0 amide bonds. The van der Waals surface area contributed by atoms with Crippen LogP contribution in [0.15, 0.2) is 510 Å². The fourth-order valence-electron chi connectivity index (χ4n) is 21.9. The summed E-state index contributed by atoms with van der Waals surface area (Å²) in [6.07, 6.45) is 5.56. The fraction of sp³-hybridized carbons (Fsp3) is 0. The summed E-state index contributed by atoms with van der Waals surface area (Å²) >= 11 is 0. The molecule has 0 radical (unpaired) electrons. The zero-order valence-corrected chi connectivity index (χ0v) is 79.7. The number of pyridine rings is 3. The van der Waals surface area contributed by atoms with Gasteiger partial charge in [0.2, 0.25) is 11.9 Å². The second-order valence-corrected chi connectivity index (χ2v) is 36.9. The van der Waals surface area contributed by atoms with Crippen molar-refractivity contribution in [3.05, 3.63) is 510 Å². The Bertz CT molecular complexity index is 9910. The highest BCUT2D eigenvalue weighted by atomic mass is 15.2. The number of benzene rings is 18. The van der Waals surface area contributed by atoms with Gasteiger partial charge in [0.05, 0.1) is 66.6 Å². The Morgan fingerprint density at radius 1 is 0.162 bits per heavy atom. The average molecular weight is 1890 g/mol. The van der Waals surface area contributed by atoms with E-state index in [1.807, 2.05) is 152 Å². The van der Waals surface area contributed by atoms with Gasteiger partial charge in [0.1, 0.15) is 22.8 Å². The predicted molar refractivity (Wildman–Crippen MR) is 604 cm³/mol. The second-order valence-electron chi connectivity index (χ2n) is 36.9. The van der Waals surface area contributed by atoms with Crippen LogP contribution in [0, 0.1) is 0 Å². The van der Waals surface area contributed by atoms with Crippen LogP contribution in [0.2, 0.25) is 0 Å². The van der Waals surface area contributed by atoms with E-state index in [0.29, 0.717) is 29.4 Å². The Hall–Kier alpha value is -20.4. The number of fused-ring (bicyclic) bond motifs is 19. The minimum atomic E-state index is 0.525. The molecule has 16 nitrogen and oxygen atoms in total. The van der Waals surface area contributed by atoms with Crippen molar-refractivity contribution in [3.8, 4) is 125 Å². The minimum Gasteiger partial charge on any atom is -0.309 e. The Labute approximate surface area is 848 Å². The van der Waals surface area contributed by atoms with Gasteiger partial charge in [0.25, 0.3) is 0 Å². The van der Waals surface area contributed by atoms with Gasteiger partial charge < -0.3 is 9.13 Å². The van der Waals surface area contributed by atoms with Gasteiger partial charge in [-0.25, -0.2) is 39.9 Å². The Kier molecular flexibility index (Phi) is 20.8. The van der Waals surface area contributed by atoms with E-state index in [1.165, 1.54) is 65.5 Å². The molecule has 0 aliphatic rings. The van der Waals surface area contributed by atoms with Crippen LogP contribution in [-0.4, -0.2) is 77.2 Å². The highest BCUT2D eigenvalue weighted by Gasteiger charge is 2.28. The molecule has 0 aliphatic carbocycles. The van der Waals surface area contributed by atoms with Gasteiger partial charge in [-0.15, -0.1) is 0 Å². The lowest BCUT2D eigenvalue weighted by molar-refractivity contribution is 0.944. The monoisotopic (exact) mass is 1890 g/mol. The van der Waals surface area contributed by atoms with Crippen molar-refractivity contribution in [3.63, 3.8) is 0 Å². The van der Waals surface area contributed by atoms with E-state index >= 15 is 0 Å². The van der Waals surface area contributed by atoms with Crippen LogP contribution in [0.1, 0.15) is 0 Å². The van der Waals surface area contributed by atoms with Crippen LogP contribution in [0.25, 0.3) is 267 Å². The molecule has 18 aromatic carbocycles. The van der Waals surface area contributed by atoms with Gasteiger partial charge >= 0.3 is 0 Å². The molecular formula is C132H84N16. The van der Waals surface area contributed by atoms with Crippen molar-refractivity contribution >= 4 is 142 Å². The van der Waals surface area contributed by atoms with Crippen LogP contribution in [-0.2, 0) is 0 Å². The molecule has 0 saturated carbocycles. The number of hydrogen-bond donors (Lipinski definition) is 0. The van der Waals surface area contributed by atoms with Crippen molar-refractivity contribution in [2.24, 2.45) is 0 Å². The zero-order chi connectivity index (χ0) is 97.6. The maximum Gasteiger partial charge on any atom is 0.240 e. The van der Waals surface area contributed by atoms with Crippen molar-refractivity contribution in [2.45, 2.75) is 0 Å². The average Bonchev–Trinajstić information content (AvgIpc) is 1.57. The first-order valence-corrected chi connectivity index (χ1v) is 49.6. The Balaban J connectivity index is 0.000000107. The number of rotatable bonds is 14. The number of nitrogens with zero attached hydrogens (tertiary/aromatic N) is 16. The van der Waals surface area contributed by atoms with Crippen LogP contribution in [0.3, 0.4) is 0 Å². The fourth-order valence-corrected chi connectivity index (χ4v) is 21.9. The molecule has 0 spiro atoms. The van der Waals surface area contributed by atoms with Gasteiger partial charge in [-0.05, 0) is 185 Å². The zero-order valence-electron chi connectivity index (χ0n) is 79.7. The number of para-hydroxylation sites is 7. The lowest BCUT2D eigenvalue weighted by Gasteiger charge is -2.12. The quantitative estimate of drug-likeness (QED) is 0.103. The minimum absolute atomic E-state index is 0.525. The molecule has 0 fully saturated rings. The van der Waals surface area contributed by atoms with Gasteiger partial charge in [0, 0.05) is 140 Å². The molecule has 0 aliphatic heterocycles. The lowest BCUT2D eigenvalue weighted by atomic mass is 9.98. The Morgan fingerprint density at radius 2 is 0.480 bits per heavy atom. The van der Waals surface area contributed by atoms with E-state index in [4.69, 9.17) is 49.8 Å². The molecule has 0 unspecified atom stereocenters. The standard InChI is InChI=1S/C45H29N5.C44H28N6.C43H27N5/c1-4-14-30(15-5-1)38-29-42(48-44(47-38)31-16-6-2-7-17-31)50-40-26-25-32(28-37(40)35-22-13-27-46-45(35)50)34-21-12-24-41-43(34)36-20-10-11-23-39(36)49(41)33-18-8-3-9-19-33;1-4-14-29(15-5-1)41-46-42(30-16-6-2-7-17-30)48-44(47-41)50-38-26-25-31(28-36(38)34-22-13-27-45-43(34)50)33-21-12-24-39-40(33)35-20-10-11-23-37(35)49(39)32-18-8-3-9-19-32;1-3-13-28(14-4-1)41-33-17-7-9-21-36(33)45-43(46-41)48-37-22-10-8-18-34(37)40-31(19-11-23-39(40)48)29-24-25-38-35(27-29)32-20-12-26-44-42(32)47(38)30-15-5-2-6-16-30/h1-29H;1-28H;1-27H. The molecule has 0 atom stereocenters. The van der Waals surface area contributed by atoms with Crippen molar-refractivity contribution < 1.29 is 0 Å². The summed E-state index contributed by atoms with van der Waals surface area (Å²) in [5.74, 6) is 3.85. The molecule has 16 heteroatoms. The molecule has 12 heterocycles. The number of aromatic nitrogens is 16. The summed E-state index contributed by atoms with van der Waals surface area (Å²) in [5, 5.41) is 14.9. The summed E-state index contributed by atoms with van der Waals surface area (Å²) < 4.78 is 13.4. The van der Waals surface area contributed by atoms with Gasteiger partial charge in [-0.1, -0.05) is 334 Å². The van der Waals surface area contributed by atoms with Gasteiger partial charge in [0.15, 0.2) is 17.5 Å². The summed E-state index contributed by atoms with van der Waals surface area (Å²) in [6, 6.07) is 171. The van der Waals surface area contributed by atoms with Crippen molar-refractivity contribution in [1.82, 2.24) is 77.2 Å². The van der Waals surface area contributed by atoms with E-state index in [9.17, 15) is 0 Å². The highest BCUT2D eigenvalue weighted by Crippen LogP contribution is 2.47. The number of hydrogen-bond acceptors (Lipinski definition) is 10. The highest BCUT2D eigenvalue weighted by molar-refractivity contribution is 6.21. The first kappa shape index (κ1) is 85.6. The van der Waals surface area contributed by atoms with Crippen molar-refractivity contribution in [2.75, 3.05) is 0 Å². The maximum absolute atomic E-state index is 5.27. The molecule has 0 saturated heterocycles. The van der Waals surface area contributed by atoms with E-state index < -0.39 is 0 Å². The SMILES string of the molecule is c1ccc(-c2cc(-n3c4ccc(-c5cccc6c5c5ccccc5n6-c5ccccc5)cc4c4cccnc43)nc(-c3ccccc3)n2)cc1.c1ccc(-c2nc(-c3ccccc3)nc(-n3c4ccc(-c5cccc6c5c5ccccc5n6-c5ccccc5)cc4c4cccnc43)n2)cc1.c1ccc(-c2nc(-n3c4ccccc4c4c(-c5ccc6c(c5)c5cccnc5n6-c5ccccc5)cccc43)nc3ccccc23)cc1. The van der Waals surface area contributed by atoms with E-state index in [0.717, 1.165) is 172 Å². The van der Waals surface area contributed by atoms with Crippen LogP contribution in [0.4, 0.5) is 0 Å². The molecule has 0 bridgehead atoms. The van der Waals surface area contributed by atoms with Crippen LogP contribution >= 0.6 is 0 Å². The molecule has 30 rings (SSSR count). The molecule has 692 valence electrons. The van der Waals surface area contributed by atoms with Gasteiger partial charge in [-0.2, -0.15) is 9.97 Å². The first-order chi connectivity index (χ1) is 73.5. The molecular weight excluding hydrogens is 1810 g/mol. The summed E-state index contributed by atoms with van der Waals surface area (Å²) in [6.45, 7) is 0. The third-order valence-corrected chi connectivity index (χ3v) is 28.4. The Morgan fingerprint density at radius 3 is 0.926 bits per heavy atom. The molecule has 148 heavy (non-hydrogen) atoms. The normalized spacial score (nSPS) is 11.6. The van der Waals surface area contributed by atoms with E-state index in [2.05, 4.69) is 385 Å². The predicted octanol–water partition coefficient (Wildman–Crippen LogP) is 32.1. The second kappa shape index (κ2) is 36.0. The molecule has 12 aromatic heterocycles. The van der Waals surface area contributed by atoms with E-state index in [-0.39, 0.29) is 0 Å². The summed E-state index contributed by atoms with van der Waals surface area (Å²) in [5.41, 5.74) is 30.6.